The molecule has 3 nitrogen and oxygen atoms in total. The van der Waals surface area contributed by atoms with Crippen LogP contribution in [0.3, 0.4) is 0 Å². The summed E-state index contributed by atoms with van der Waals surface area (Å²) >= 11 is 0. The summed E-state index contributed by atoms with van der Waals surface area (Å²) < 4.78 is 5.58. The molecule has 0 aliphatic carbocycles. The van der Waals surface area contributed by atoms with Crippen molar-refractivity contribution in [3.63, 3.8) is 0 Å². The molecule has 3 heteroatoms. The Morgan fingerprint density at radius 2 is 2.07 bits per heavy atom. The third-order valence-corrected chi connectivity index (χ3v) is 2.82. The van der Waals surface area contributed by atoms with Gasteiger partial charge >= 0.3 is 0 Å². The molecule has 2 unspecified atom stereocenters. The van der Waals surface area contributed by atoms with Crippen molar-refractivity contribution in [1.29, 1.82) is 0 Å². The summed E-state index contributed by atoms with van der Waals surface area (Å²) in [5.41, 5.74) is 0. The first-order valence-electron chi connectivity index (χ1n) is 6.27. The number of rotatable bonds is 7. The average molecular weight is 214 g/mol. The maximum Gasteiger partial charge on any atom is 0.0588 e. The summed E-state index contributed by atoms with van der Waals surface area (Å²) in [6.45, 7) is 9.67. The number of hydrogen-bond acceptors (Lipinski definition) is 3. The first-order valence-corrected chi connectivity index (χ1v) is 6.27. The molecule has 0 radical (unpaired) electrons. The molecule has 1 aliphatic heterocycles. The Labute approximate surface area is 94.0 Å². The molecule has 15 heavy (non-hydrogen) atoms. The van der Waals surface area contributed by atoms with Crippen molar-refractivity contribution >= 4 is 0 Å². The summed E-state index contributed by atoms with van der Waals surface area (Å²) in [5, 5.41) is 6.95. The molecule has 0 spiro atoms. The topological polar surface area (TPSA) is 33.3 Å². The quantitative estimate of drug-likeness (QED) is 0.674. The first-order chi connectivity index (χ1) is 7.18. The average Bonchev–Trinajstić information content (AvgIpc) is 2.67. The highest BCUT2D eigenvalue weighted by atomic mass is 16.5. The molecule has 0 aromatic carbocycles. The van der Waals surface area contributed by atoms with Crippen LogP contribution < -0.4 is 10.6 Å². The van der Waals surface area contributed by atoms with Crippen LogP contribution in [0.1, 0.15) is 40.0 Å². The fraction of sp³-hybridized carbons (Fsp3) is 1.00. The van der Waals surface area contributed by atoms with Gasteiger partial charge in [-0.2, -0.15) is 0 Å². The highest BCUT2D eigenvalue weighted by Crippen LogP contribution is 2.14. The van der Waals surface area contributed by atoms with Gasteiger partial charge in [-0.15, -0.1) is 0 Å². The van der Waals surface area contributed by atoms with Gasteiger partial charge in [0.2, 0.25) is 0 Å². The summed E-state index contributed by atoms with van der Waals surface area (Å²) in [5.74, 6) is 0. The summed E-state index contributed by atoms with van der Waals surface area (Å²) in [7, 11) is 0. The van der Waals surface area contributed by atoms with E-state index in [0.717, 1.165) is 26.1 Å². The number of hydrogen-bond donors (Lipinski definition) is 2. The van der Waals surface area contributed by atoms with Gasteiger partial charge in [0, 0.05) is 25.2 Å². The van der Waals surface area contributed by atoms with Crippen LogP contribution in [0.15, 0.2) is 0 Å². The van der Waals surface area contributed by atoms with Crippen LogP contribution in [0.25, 0.3) is 0 Å². The van der Waals surface area contributed by atoms with Crippen molar-refractivity contribution in [2.45, 2.75) is 58.2 Å². The third-order valence-electron chi connectivity index (χ3n) is 2.82. The lowest BCUT2D eigenvalue weighted by Gasteiger charge is -2.17. The minimum atomic E-state index is 0.516. The van der Waals surface area contributed by atoms with Crippen LogP contribution >= 0.6 is 0 Å². The van der Waals surface area contributed by atoms with Crippen molar-refractivity contribution in [2.75, 3.05) is 19.7 Å². The second-order valence-corrected chi connectivity index (χ2v) is 4.84. The molecule has 90 valence electrons. The molecule has 0 saturated carbocycles. The molecule has 1 saturated heterocycles. The molecule has 2 N–H and O–H groups in total. The zero-order chi connectivity index (χ0) is 11.1. The monoisotopic (exact) mass is 214 g/mol. The molecule has 1 rings (SSSR count). The Morgan fingerprint density at radius 3 is 2.67 bits per heavy atom. The van der Waals surface area contributed by atoms with Crippen molar-refractivity contribution < 1.29 is 4.74 Å². The normalized spacial score (nSPS) is 23.6. The Morgan fingerprint density at radius 1 is 1.27 bits per heavy atom. The predicted molar refractivity (Wildman–Crippen MR) is 64.2 cm³/mol. The number of nitrogens with one attached hydrogen (secondary N) is 2. The van der Waals surface area contributed by atoms with Gasteiger partial charge in [0.15, 0.2) is 0 Å². The van der Waals surface area contributed by atoms with E-state index in [1.807, 2.05) is 0 Å². The second-order valence-electron chi connectivity index (χ2n) is 4.84. The molecule has 1 fully saturated rings. The molecule has 0 aromatic rings. The molecular formula is C12H26N2O. The molecule has 0 aromatic heterocycles. The van der Waals surface area contributed by atoms with E-state index in [0.29, 0.717) is 18.2 Å². The van der Waals surface area contributed by atoms with Crippen molar-refractivity contribution in [3.8, 4) is 0 Å². The van der Waals surface area contributed by atoms with E-state index in [2.05, 4.69) is 31.4 Å². The van der Waals surface area contributed by atoms with Crippen LogP contribution in [0, 0.1) is 0 Å². The minimum absolute atomic E-state index is 0.516. The zero-order valence-corrected chi connectivity index (χ0v) is 10.4. The van der Waals surface area contributed by atoms with Crippen LogP contribution in [-0.4, -0.2) is 37.9 Å². The predicted octanol–water partition coefficient (Wildman–Crippen LogP) is 1.53. The molecular weight excluding hydrogens is 188 g/mol. The van der Waals surface area contributed by atoms with Crippen molar-refractivity contribution in [1.82, 2.24) is 10.6 Å². The molecule has 0 amide bonds. The van der Waals surface area contributed by atoms with Gasteiger partial charge in [0.1, 0.15) is 0 Å². The fourth-order valence-electron chi connectivity index (χ4n) is 1.85. The summed E-state index contributed by atoms with van der Waals surface area (Å²) in [6.07, 6.45) is 4.17. The van der Waals surface area contributed by atoms with E-state index in [1.54, 1.807) is 0 Å². The molecule has 2 atom stereocenters. The smallest absolute Gasteiger partial charge is 0.0588 e. The first kappa shape index (κ1) is 12.9. The number of ether oxygens (including phenoxy) is 1. The maximum atomic E-state index is 5.58. The van der Waals surface area contributed by atoms with Gasteiger partial charge in [0.25, 0.3) is 0 Å². The molecule has 1 aliphatic rings. The lowest BCUT2D eigenvalue weighted by atomic mass is 10.2. The van der Waals surface area contributed by atoms with E-state index >= 15 is 0 Å². The summed E-state index contributed by atoms with van der Waals surface area (Å²) in [4.78, 5) is 0. The Balaban J connectivity index is 1.93. The Bertz CT molecular complexity index is 156. The van der Waals surface area contributed by atoms with E-state index in [-0.39, 0.29) is 0 Å². The minimum Gasteiger partial charge on any atom is -0.378 e. The van der Waals surface area contributed by atoms with Crippen LogP contribution in [-0.2, 0) is 4.74 Å². The highest BCUT2D eigenvalue weighted by molar-refractivity contribution is 4.69. The highest BCUT2D eigenvalue weighted by Gasteiger charge is 2.14. The van der Waals surface area contributed by atoms with Crippen molar-refractivity contribution in [3.05, 3.63) is 0 Å². The molecule has 0 bridgehead atoms. The largest absolute Gasteiger partial charge is 0.378 e. The second kappa shape index (κ2) is 7.20. The van der Waals surface area contributed by atoms with Gasteiger partial charge in [-0.1, -0.05) is 13.8 Å². The fourth-order valence-corrected chi connectivity index (χ4v) is 1.85. The lowest BCUT2D eigenvalue weighted by Crippen LogP contribution is -2.39. The van der Waals surface area contributed by atoms with Crippen LogP contribution in [0.4, 0.5) is 0 Å². The van der Waals surface area contributed by atoms with E-state index in [1.165, 1.54) is 12.8 Å². The standard InChI is InChI=1S/C12H26N2O/c1-10(2)14-9-11(3)13-7-6-12-5-4-8-15-12/h10-14H,4-9H2,1-3H3. The maximum absolute atomic E-state index is 5.58. The Hall–Kier alpha value is -0.120. The van der Waals surface area contributed by atoms with Crippen LogP contribution in [0.2, 0.25) is 0 Å². The van der Waals surface area contributed by atoms with E-state index in [4.69, 9.17) is 4.74 Å². The van der Waals surface area contributed by atoms with Gasteiger partial charge < -0.3 is 15.4 Å². The van der Waals surface area contributed by atoms with Gasteiger partial charge in [-0.05, 0) is 32.7 Å². The van der Waals surface area contributed by atoms with Crippen LogP contribution in [0.5, 0.6) is 0 Å². The van der Waals surface area contributed by atoms with Crippen molar-refractivity contribution in [2.24, 2.45) is 0 Å². The molecule has 1 heterocycles. The van der Waals surface area contributed by atoms with E-state index < -0.39 is 0 Å². The van der Waals surface area contributed by atoms with Gasteiger partial charge in [0.05, 0.1) is 6.10 Å². The SMILES string of the molecule is CC(C)NCC(C)NCCC1CCCO1. The zero-order valence-electron chi connectivity index (χ0n) is 10.4. The van der Waals surface area contributed by atoms with Gasteiger partial charge in [-0.3, -0.25) is 0 Å². The van der Waals surface area contributed by atoms with Gasteiger partial charge in [-0.25, -0.2) is 0 Å². The Kier molecular flexibility index (Phi) is 6.22. The third kappa shape index (κ3) is 6.13. The summed E-state index contributed by atoms with van der Waals surface area (Å²) in [6, 6.07) is 1.13. The van der Waals surface area contributed by atoms with E-state index in [9.17, 15) is 0 Å². The lowest BCUT2D eigenvalue weighted by molar-refractivity contribution is 0.103.